The number of rotatable bonds is 0. The van der Waals surface area contributed by atoms with E-state index >= 15 is 0 Å². The summed E-state index contributed by atoms with van der Waals surface area (Å²) in [6.07, 6.45) is 1.59. The zero-order chi connectivity index (χ0) is 18.4. The first kappa shape index (κ1) is 20.0. The predicted molar refractivity (Wildman–Crippen MR) is 93.4 cm³/mol. The van der Waals surface area contributed by atoms with Gasteiger partial charge in [-0.3, -0.25) is 0 Å². The zero-order valence-corrected chi connectivity index (χ0v) is 19.1. The summed E-state index contributed by atoms with van der Waals surface area (Å²) in [6, 6.07) is 6.49. The maximum Gasteiger partial charge on any atom is 1.00 e. The Hall–Kier alpha value is -0.724. The van der Waals surface area contributed by atoms with Crippen molar-refractivity contribution >= 4 is 0 Å². The van der Waals surface area contributed by atoms with Crippen LogP contribution in [-0.4, -0.2) is 15.3 Å². The molecule has 0 radical (unpaired) electrons. The minimum absolute atomic E-state index is 0. The summed E-state index contributed by atoms with van der Waals surface area (Å²) >= 11 is 0. The molecule has 5 heteroatoms. The number of phenolic OH excluding ortho intramolecular Hbond substituents is 3. The van der Waals surface area contributed by atoms with E-state index in [2.05, 4.69) is 27.7 Å². The second-order valence-corrected chi connectivity index (χ2v) is 8.96. The van der Waals surface area contributed by atoms with Gasteiger partial charge in [-0.1, -0.05) is 39.5 Å². The summed E-state index contributed by atoms with van der Waals surface area (Å²) in [5.41, 5.74) is 3.14. The Labute approximate surface area is 196 Å². The average molecular weight is 379 g/mol. The molecular formula is C21H23KO4. The minimum Gasteiger partial charge on any atom is -0.870 e. The predicted octanol–water partition coefficient (Wildman–Crippen LogP) is 0.530. The van der Waals surface area contributed by atoms with Gasteiger partial charge >= 0.3 is 51.4 Å². The van der Waals surface area contributed by atoms with Gasteiger partial charge in [-0.15, -0.1) is 0 Å². The Bertz CT molecular complexity index is 839. The van der Waals surface area contributed by atoms with E-state index in [1.54, 1.807) is 24.3 Å². The Morgan fingerprint density at radius 3 is 1.58 bits per heavy atom. The average Bonchev–Trinajstić information content (AvgIpc) is 2.82. The molecule has 3 N–H and O–H groups in total. The molecule has 2 aromatic rings. The zero-order valence-electron chi connectivity index (χ0n) is 16.0. The van der Waals surface area contributed by atoms with Crippen LogP contribution >= 0.6 is 0 Å². The summed E-state index contributed by atoms with van der Waals surface area (Å²) in [5.74, 6) is -0.828. The molecule has 2 aliphatic rings. The van der Waals surface area contributed by atoms with E-state index in [1.165, 1.54) is 0 Å². The van der Waals surface area contributed by atoms with E-state index < -0.39 is 0 Å². The number of benzene rings is 2. The standard InChI is InChI=1S/C21H24O4.K/c1-19(2)9-21(13-7-17(24)15(22)5-11(13)19)10-20(3,4)12-6-16(23)18(25)8-14(12)21;/h5-8,22-25H,9-10H2,1-4H3;/q;+1/p-1. The van der Waals surface area contributed by atoms with Gasteiger partial charge in [0.15, 0.2) is 11.5 Å². The third-order valence-corrected chi connectivity index (χ3v) is 6.19. The molecule has 1 atom stereocenters. The van der Waals surface area contributed by atoms with Crippen LogP contribution in [0.1, 0.15) is 62.8 Å². The molecule has 0 amide bonds. The Kier molecular flexibility index (Phi) is 4.53. The van der Waals surface area contributed by atoms with Crippen LogP contribution in [-0.2, 0) is 16.2 Å². The van der Waals surface area contributed by atoms with Crippen molar-refractivity contribution in [2.75, 3.05) is 0 Å². The van der Waals surface area contributed by atoms with E-state index in [-0.39, 0.29) is 90.6 Å². The third kappa shape index (κ3) is 2.55. The van der Waals surface area contributed by atoms with Crippen molar-refractivity contribution in [3.05, 3.63) is 46.5 Å². The van der Waals surface area contributed by atoms with E-state index in [0.717, 1.165) is 35.1 Å². The van der Waals surface area contributed by atoms with Crippen LogP contribution in [0.2, 0.25) is 0 Å². The molecule has 0 saturated heterocycles. The van der Waals surface area contributed by atoms with Gasteiger partial charge in [-0.05, 0) is 64.1 Å². The van der Waals surface area contributed by atoms with Gasteiger partial charge in [0.25, 0.3) is 0 Å². The minimum atomic E-state index is -0.381. The van der Waals surface area contributed by atoms with Gasteiger partial charge in [0, 0.05) is 5.41 Å². The molecule has 0 heterocycles. The second-order valence-electron chi connectivity index (χ2n) is 8.96. The fourth-order valence-electron chi connectivity index (χ4n) is 5.34. The van der Waals surface area contributed by atoms with E-state index in [4.69, 9.17) is 0 Å². The number of aromatic hydroxyl groups is 3. The molecule has 0 bridgehead atoms. The SMILES string of the molecule is CC1(C)CC2(CC(C)(C)c3cc(O)c(O)cc32)c2cc(O)c([O-])cc21.[K+]. The Balaban J connectivity index is 0.00000196. The van der Waals surface area contributed by atoms with Crippen LogP contribution in [0.15, 0.2) is 24.3 Å². The van der Waals surface area contributed by atoms with E-state index in [1.807, 2.05) is 0 Å². The molecule has 1 unspecified atom stereocenters. The first-order chi connectivity index (χ1) is 11.5. The van der Waals surface area contributed by atoms with Crippen molar-refractivity contribution in [3.63, 3.8) is 0 Å². The molecule has 0 aromatic heterocycles. The summed E-state index contributed by atoms with van der Waals surface area (Å²) in [6.45, 7) is 8.48. The molecule has 4 rings (SSSR count). The number of fused-ring (bicyclic) bond motifs is 4. The van der Waals surface area contributed by atoms with Gasteiger partial charge in [0.1, 0.15) is 5.75 Å². The van der Waals surface area contributed by atoms with E-state index in [0.29, 0.717) is 0 Å². The molecule has 2 aromatic carbocycles. The molecule has 1 spiro atoms. The molecule has 4 nitrogen and oxygen atoms in total. The van der Waals surface area contributed by atoms with Crippen LogP contribution in [0.5, 0.6) is 23.0 Å². The van der Waals surface area contributed by atoms with Crippen LogP contribution in [0.4, 0.5) is 0 Å². The Morgan fingerprint density at radius 1 is 0.692 bits per heavy atom. The van der Waals surface area contributed by atoms with Crippen LogP contribution in [0.3, 0.4) is 0 Å². The first-order valence-corrected chi connectivity index (χ1v) is 8.60. The van der Waals surface area contributed by atoms with Crippen LogP contribution in [0, 0.1) is 0 Å². The quantitative estimate of drug-likeness (QED) is 0.461. The van der Waals surface area contributed by atoms with Crippen molar-refractivity contribution in [2.24, 2.45) is 0 Å². The van der Waals surface area contributed by atoms with Gasteiger partial charge in [0.05, 0.1) is 0 Å². The third-order valence-electron chi connectivity index (χ3n) is 6.19. The monoisotopic (exact) mass is 378 g/mol. The van der Waals surface area contributed by atoms with Crippen molar-refractivity contribution < 1.29 is 71.8 Å². The molecule has 2 aliphatic carbocycles. The maximum absolute atomic E-state index is 12.0. The first-order valence-electron chi connectivity index (χ1n) is 8.60. The number of phenols is 3. The van der Waals surface area contributed by atoms with E-state index in [9.17, 15) is 20.4 Å². The van der Waals surface area contributed by atoms with Gasteiger partial charge in [0.2, 0.25) is 0 Å². The molecular weight excluding hydrogens is 355 g/mol. The second kappa shape index (κ2) is 5.88. The molecule has 0 saturated carbocycles. The molecule has 26 heavy (non-hydrogen) atoms. The van der Waals surface area contributed by atoms with Gasteiger partial charge < -0.3 is 20.4 Å². The molecule has 132 valence electrons. The van der Waals surface area contributed by atoms with Crippen LogP contribution in [0.25, 0.3) is 0 Å². The van der Waals surface area contributed by atoms with Crippen molar-refractivity contribution in [3.8, 4) is 23.0 Å². The number of hydrogen-bond donors (Lipinski definition) is 3. The van der Waals surface area contributed by atoms with Crippen LogP contribution < -0.4 is 56.5 Å². The topological polar surface area (TPSA) is 83.8 Å². The summed E-state index contributed by atoms with van der Waals surface area (Å²) < 4.78 is 0. The van der Waals surface area contributed by atoms with Crippen molar-refractivity contribution in [2.45, 2.75) is 56.8 Å². The largest absolute Gasteiger partial charge is 1.00 e. The summed E-state index contributed by atoms with van der Waals surface area (Å²) in [5, 5.41) is 42.2. The van der Waals surface area contributed by atoms with Crippen molar-refractivity contribution in [1.82, 2.24) is 0 Å². The smallest absolute Gasteiger partial charge is 0.870 e. The number of hydrogen-bond acceptors (Lipinski definition) is 4. The fourth-order valence-corrected chi connectivity index (χ4v) is 5.34. The van der Waals surface area contributed by atoms with Gasteiger partial charge in [-0.2, -0.15) is 0 Å². The summed E-state index contributed by atoms with van der Waals surface area (Å²) in [7, 11) is 0. The molecule has 0 aliphatic heterocycles. The summed E-state index contributed by atoms with van der Waals surface area (Å²) in [4.78, 5) is 0. The fraction of sp³-hybridized carbons (Fsp3) is 0.429. The van der Waals surface area contributed by atoms with Gasteiger partial charge in [-0.25, -0.2) is 0 Å². The normalized spacial score (nSPS) is 24.2. The Morgan fingerprint density at radius 2 is 1.08 bits per heavy atom. The maximum atomic E-state index is 12.0. The van der Waals surface area contributed by atoms with Crippen molar-refractivity contribution in [1.29, 1.82) is 0 Å². The molecule has 0 fully saturated rings.